The number of methoxy groups -OCH3 is 1. The maximum atomic E-state index is 13.9. The van der Waals surface area contributed by atoms with Gasteiger partial charge in [0.25, 0.3) is 0 Å². The largest absolute Gasteiger partial charge is 0.494 e. The topological polar surface area (TPSA) is 21.3 Å². The van der Waals surface area contributed by atoms with Crippen molar-refractivity contribution in [2.75, 3.05) is 20.2 Å². The van der Waals surface area contributed by atoms with Crippen LogP contribution < -0.4 is 10.1 Å². The molecule has 1 aromatic carbocycles. The minimum absolute atomic E-state index is 0. The van der Waals surface area contributed by atoms with Crippen LogP contribution in [0.4, 0.5) is 4.39 Å². The predicted octanol–water partition coefficient (Wildman–Crippen LogP) is 2.72. The number of ether oxygens (including phenoxy) is 1. The van der Waals surface area contributed by atoms with Crippen LogP contribution in [0.15, 0.2) is 18.2 Å². The zero-order valence-corrected chi connectivity index (χ0v) is 10.1. The summed E-state index contributed by atoms with van der Waals surface area (Å²) in [5.74, 6) is 0.431. The highest BCUT2D eigenvalue weighted by molar-refractivity contribution is 5.85. The molecule has 1 heterocycles. The zero-order chi connectivity index (χ0) is 10.7. The van der Waals surface area contributed by atoms with E-state index in [4.69, 9.17) is 4.74 Å². The molecule has 2 rings (SSSR count). The summed E-state index contributed by atoms with van der Waals surface area (Å²) in [7, 11) is 1.50. The van der Waals surface area contributed by atoms with Crippen LogP contribution in [0, 0.1) is 5.82 Å². The fraction of sp³-hybridized carbons (Fsp3) is 0.500. The van der Waals surface area contributed by atoms with E-state index in [0.717, 1.165) is 31.5 Å². The average Bonchev–Trinajstić information content (AvgIpc) is 2.30. The van der Waals surface area contributed by atoms with Crippen LogP contribution in [0.1, 0.15) is 24.3 Å². The van der Waals surface area contributed by atoms with Gasteiger partial charge < -0.3 is 10.1 Å². The molecule has 1 atom stereocenters. The highest BCUT2D eigenvalue weighted by Gasteiger charge is 2.20. The number of benzene rings is 1. The Morgan fingerprint density at radius 3 is 2.88 bits per heavy atom. The normalized spacial score (nSPS) is 20.0. The van der Waals surface area contributed by atoms with Gasteiger partial charge in [-0.3, -0.25) is 0 Å². The van der Waals surface area contributed by atoms with Crippen molar-refractivity contribution < 1.29 is 9.13 Å². The predicted molar refractivity (Wildman–Crippen MR) is 65.0 cm³/mol. The first kappa shape index (κ1) is 13.3. The van der Waals surface area contributed by atoms with Crippen molar-refractivity contribution in [2.24, 2.45) is 0 Å². The highest BCUT2D eigenvalue weighted by atomic mass is 35.5. The van der Waals surface area contributed by atoms with Crippen LogP contribution in [0.3, 0.4) is 0 Å². The molecule has 1 unspecified atom stereocenters. The average molecular weight is 246 g/mol. The van der Waals surface area contributed by atoms with Crippen LogP contribution in [0.25, 0.3) is 0 Å². The van der Waals surface area contributed by atoms with Crippen LogP contribution in [0.5, 0.6) is 5.75 Å². The fourth-order valence-electron chi connectivity index (χ4n) is 2.12. The lowest BCUT2D eigenvalue weighted by atomic mass is 9.91. The quantitative estimate of drug-likeness (QED) is 0.865. The number of rotatable bonds is 2. The Balaban J connectivity index is 0.00000128. The molecule has 0 aromatic heterocycles. The van der Waals surface area contributed by atoms with Crippen molar-refractivity contribution in [2.45, 2.75) is 18.8 Å². The summed E-state index contributed by atoms with van der Waals surface area (Å²) in [5, 5.41) is 3.29. The molecule has 0 spiro atoms. The Kier molecular flexibility index (Phi) is 5.03. The van der Waals surface area contributed by atoms with E-state index in [9.17, 15) is 4.39 Å². The first-order valence-corrected chi connectivity index (χ1v) is 5.36. The molecule has 0 saturated carbocycles. The van der Waals surface area contributed by atoms with Gasteiger partial charge in [0.2, 0.25) is 0 Å². The smallest absolute Gasteiger partial charge is 0.168 e. The number of hydrogen-bond donors (Lipinski definition) is 1. The van der Waals surface area contributed by atoms with Gasteiger partial charge in [-0.2, -0.15) is 0 Å². The van der Waals surface area contributed by atoms with Gasteiger partial charge in [0.05, 0.1) is 7.11 Å². The third kappa shape index (κ3) is 2.66. The fourth-order valence-corrected chi connectivity index (χ4v) is 2.12. The van der Waals surface area contributed by atoms with E-state index in [1.165, 1.54) is 7.11 Å². The molecule has 0 aliphatic carbocycles. The Morgan fingerprint density at radius 1 is 1.44 bits per heavy atom. The van der Waals surface area contributed by atoms with E-state index in [1.54, 1.807) is 6.07 Å². The van der Waals surface area contributed by atoms with Crippen molar-refractivity contribution in [1.29, 1.82) is 0 Å². The molecule has 2 nitrogen and oxygen atoms in total. The number of nitrogens with one attached hydrogen (secondary N) is 1. The van der Waals surface area contributed by atoms with E-state index < -0.39 is 0 Å². The molecule has 1 saturated heterocycles. The van der Waals surface area contributed by atoms with Crippen molar-refractivity contribution in [3.8, 4) is 5.75 Å². The molecule has 1 aliphatic rings. The maximum Gasteiger partial charge on any atom is 0.168 e. The van der Waals surface area contributed by atoms with Gasteiger partial charge in [0.15, 0.2) is 11.6 Å². The lowest BCUT2D eigenvalue weighted by Gasteiger charge is -2.23. The van der Waals surface area contributed by atoms with Crippen molar-refractivity contribution in [3.63, 3.8) is 0 Å². The Bertz CT molecular complexity index is 340. The van der Waals surface area contributed by atoms with E-state index in [0.29, 0.717) is 5.75 Å². The summed E-state index contributed by atoms with van der Waals surface area (Å²) in [4.78, 5) is 0. The minimum atomic E-state index is -0.200. The van der Waals surface area contributed by atoms with Crippen LogP contribution in [-0.4, -0.2) is 20.2 Å². The van der Waals surface area contributed by atoms with Gasteiger partial charge in [0.1, 0.15) is 0 Å². The second-order valence-corrected chi connectivity index (χ2v) is 3.91. The van der Waals surface area contributed by atoms with Crippen molar-refractivity contribution >= 4 is 12.4 Å². The molecule has 1 fully saturated rings. The molecule has 16 heavy (non-hydrogen) atoms. The summed E-state index contributed by atoms with van der Waals surface area (Å²) in [6, 6.07) is 5.37. The Hall–Kier alpha value is -0.800. The third-order valence-corrected chi connectivity index (χ3v) is 2.95. The molecule has 4 heteroatoms. The molecular formula is C12H17ClFNO. The van der Waals surface area contributed by atoms with Crippen LogP contribution in [-0.2, 0) is 0 Å². The number of halogens is 2. The molecule has 1 aliphatic heterocycles. The van der Waals surface area contributed by atoms with Crippen molar-refractivity contribution in [3.05, 3.63) is 29.6 Å². The maximum absolute atomic E-state index is 13.9. The molecular weight excluding hydrogens is 229 g/mol. The summed E-state index contributed by atoms with van der Waals surface area (Å²) in [6.45, 7) is 1.91. The zero-order valence-electron chi connectivity index (χ0n) is 9.33. The monoisotopic (exact) mass is 245 g/mol. The summed E-state index contributed by atoms with van der Waals surface area (Å²) in [6.07, 6.45) is 2.17. The van der Waals surface area contributed by atoms with Gasteiger partial charge >= 0.3 is 0 Å². The van der Waals surface area contributed by atoms with E-state index in [2.05, 4.69) is 5.32 Å². The van der Waals surface area contributed by atoms with E-state index >= 15 is 0 Å². The minimum Gasteiger partial charge on any atom is -0.494 e. The first-order valence-electron chi connectivity index (χ1n) is 5.36. The molecule has 1 N–H and O–H groups in total. The molecule has 0 radical (unpaired) electrons. The summed E-state index contributed by atoms with van der Waals surface area (Å²) >= 11 is 0. The van der Waals surface area contributed by atoms with Gasteiger partial charge in [-0.25, -0.2) is 4.39 Å². The Morgan fingerprint density at radius 2 is 2.25 bits per heavy atom. The van der Waals surface area contributed by atoms with E-state index in [1.807, 2.05) is 12.1 Å². The van der Waals surface area contributed by atoms with Gasteiger partial charge in [0, 0.05) is 6.54 Å². The molecule has 0 amide bonds. The second kappa shape index (κ2) is 6.06. The third-order valence-electron chi connectivity index (χ3n) is 2.95. The molecule has 90 valence electrons. The first-order chi connectivity index (χ1) is 7.33. The van der Waals surface area contributed by atoms with Gasteiger partial charge in [-0.1, -0.05) is 12.1 Å². The lowest BCUT2D eigenvalue weighted by molar-refractivity contribution is 0.376. The van der Waals surface area contributed by atoms with Gasteiger partial charge in [-0.15, -0.1) is 12.4 Å². The summed E-state index contributed by atoms with van der Waals surface area (Å²) < 4.78 is 18.9. The highest BCUT2D eigenvalue weighted by Crippen LogP contribution is 2.29. The van der Waals surface area contributed by atoms with E-state index in [-0.39, 0.29) is 24.1 Å². The lowest BCUT2D eigenvalue weighted by Crippen LogP contribution is -2.28. The van der Waals surface area contributed by atoms with Crippen LogP contribution in [0.2, 0.25) is 0 Å². The SMILES string of the molecule is COc1cccc(C2CCCNC2)c1F.Cl. The van der Waals surface area contributed by atoms with Crippen LogP contribution >= 0.6 is 12.4 Å². The number of piperidine rings is 1. The van der Waals surface area contributed by atoms with Gasteiger partial charge in [-0.05, 0) is 36.9 Å². The Labute approximate surface area is 102 Å². The number of hydrogen-bond acceptors (Lipinski definition) is 2. The second-order valence-electron chi connectivity index (χ2n) is 3.91. The molecule has 1 aromatic rings. The van der Waals surface area contributed by atoms with Crippen molar-refractivity contribution in [1.82, 2.24) is 5.32 Å². The summed E-state index contributed by atoms with van der Waals surface area (Å²) in [5.41, 5.74) is 0.779. The molecule has 0 bridgehead atoms. The standard InChI is InChI=1S/C12H16FNO.ClH/c1-15-11-6-2-5-10(12(11)13)9-4-3-7-14-8-9;/h2,5-6,9,14H,3-4,7-8H2,1H3;1H.